The molecule has 2 heterocycles. The van der Waals surface area contributed by atoms with Gasteiger partial charge in [-0.25, -0.2) is 9.97 Å². The Labute approximate surface area is 158 Å². The van der Waals surface area contributed by atoms with Crippen LogP contribution in [-0.4, -0.2) is 43.4 Å². The first kappa shape index (κ1) is 21.0. The van der Waals surface area contributed by atoms with Crippen molar-refractivity contribution < 1.29 is 4.79 Å². The van der Waals surface area contributed by atoms with Crippen LogP contribution >= 0.6 is 24.8 Å². The zero-order valence-electron chi connectivity index (χ0n) is 14.0. The molecule has 0 bridgehead atoms. The second kappa shape index (κ2) is 8.84. The molecule has 0 aliphatic rings. The standard InChI is InChI=1S/C16H20N6O.2ClH/c1-21(16(23)12(17)7-11-8-18-10-19-11)9-15-20-13-5-3-4-6-14(13)22(15)2;;/h3-6,8,10,12H,7,9,17H2,1-2H3,(H,18,19);2*1H/t12-;;/m0../s1. The number of nitrogens with zero attached hydrogens (tertiary/aromatic N) is 4. The van der Waals surface area contributed by atoms with E-state index in [1.807, 2.05) is 35.9 Å². The van der Waals surface area contributed by atoms with Crippen molar-refractivity contribution in [2.75, 3.05) is 7.05 Å². The van der Waals surface area contributed by atoms with Crippen LogP contribution in [0.3, 0.4) is 0 Å². The average Bonchev–Trinajstić information content (AvgIpc) is 3.16. The van der Waals surface area contributed by atoms with Gasteiger partial charge in [-0.05, 0) is 12.1 Å². The first-order valence-corrected chi connectivity index (χ1v) is 7.44. The third-order valence-corrected chi connectivity index (χ3v) is 3.95. The number of H-pyrrole nitrogens is 1. The van der Waals surface area contributed by atoms with E-state index < -0.39 is 6.04 Å². The van der Waals surface area contributed by atoms with Crippen molar-refractivity contribution in [2.24, 2.45) is 12.8 Å². The van der Waals surface area contributed by atoms with Crippen LogP contribution in [0.2, 0.25) is 0 Å². The summed E-state index contributed by atoms with van der Waals surface area (Å²) in [6, 6.07) is 7.30. The third kappa shape index (κ3) is 4.50. The molecule has 0 aliphatic heterocycles. The Morgan fingerprint density at radius 1 is 1.36 bits per heavy atom. The molecule has 0 radical (unpaired) electrons. The van der Waals surface area contributed by atoms with E-state index in [1.54, 1.807) is 24.5 Å². The number of hydrogen-bond acceptors (Lipinski definition) is 4. The summed E-state index contributed by atoms with van der Waals surface area (Å²) in [5.41, 5.74) is 8.83. The van der Waals surface area contributed by atoms with Crippen LogP contribution < -0.4 is 5.73 Å². The van der Waals surface area contributed by atoms with E-state index >= 15 is 0 Å². The molecule has 9 heteroatoms. The summed E-state index contributed by atoms with van der Waals surface area (Å²) in [4.78, 5) is 25.5. The van der Waals surface area contributed by atoms with E-state index in [9.17, 15) is 4.79 Å². The number of aromatic amines is 1. The molecular weight excluding hydrogens is 363 g/mol. The van der Waals surface area contributed by atoms with Gasteiger partial charge in [0.1, 0.15) is 5.82 Å². The van der Waals surface area contributed by atoms with Crippen molar-refractivity contribution in [3.63, 3.8) is 0 Å². The van der Waals surface area contributed by atoms with Gasteiger partial charge in [0.2, 0.25) is 5.91 Å². The molecule has 0 aliphatic carbocycles. The fraction of sp³-hybridized carbons (Fsp3) is 0.312. The van der Waals surface area contributed by atoms with Crippen LogP contribution in [0.15, 0.2) is 36.8 Å². The lowest BCUT2D eigenvalue weighted by molar-refractivity contribution is -0.131. The van der Waals surface area contributed by atoms with Crippen molar-refractivity contribution >= 4 is 41.8 Å². The Morgan fingerprint density at radius 3 is 2.72 bits per heavy atom. The van der Waals surface area contributed by atoms with E-state index in [2.05, 4.69) is 15.0 Å². The maximum Gasteiger partial charge on any atom is 0.240 e. The van der Waals surface area contributed by atoms with E-state index in [0.29, 0.717) is 13.0 Å². The van der Waals surface area contributed by atoms with Crippen molar-refractivity contribution in [3.05, 3.63) is 48.3 Å². The van der Waals surface area contributed by atoms with Gasteiger partial charge in [-0.2, -0.15) is 0 Å². The number of nitrogens with two attached hydrogens (primary N) is 1. The molecule has 0 unspecified atom stereocenters. The van der Waals surface area contributed by atoms with E-state index in [4.69, 9.17) is 5.73 Å². The fourth-order valence-electron chi connectivity index (χ4n) is 2.63. The summed E-state index contributed by atoms with van der Waals surface area (Å²) in [6.45, 7) is 0.417. The lowest BCUT2D eigenvalue weighted by Gasteiger charge is -2.20. The monoisotopic (exact) mass is 384 g/mol. The van der Waals surface area contributed by atoms with Crippen molar-refractivity contribution in [1.82, 2.24) is 24.4 Å². The zero-order chi connectivity index (χ0) is 16.4. The predicted molar refractivity (Wildman–Crippen MR) is 102 cm³/mol. The number of benzene rings is 1. The lowest BCUT2D eigenvalue weighted by Crippen LogP contribution is -2.43. The van der Waals surface area contributed by atoms with Crippen LogP contribution in [0.25, 0.3) is 11.0 Å². The molecule has 0 saturated heterocycles. The van der Waals surface area contributed by atoms with Gasteiger partial charge in [0.25, 0.3) is 0 Å². The number of carbonyl (C=O) groups is 1. The number of aryl methyl sites for hydroxylation is 1. The summed E-state index contributed by atoms with van der Waals surface area (Å²) < 4.78 is 2.00. The minimum atomic E-state index is -0.602. The Bertz CT molecular complexity index is 817. The number of para-hydroxylation sites is 2. The highest BCUT2D eigenvalue weighted by Crippen LogP contribution is 2.15. The number of hydrogen-bond donors (Lipinski definition) is 2. The summed E-state index contributed by atoms with van der Waals surface area (Å²) >= 11 is 0. The molecule has 2 aromatic heterocycles. The molecule has 0 spiro atoms. The first-order chi connectivity index (χ1) is 11.1. The fourth-order valence-corrected chi connectivity index (χ4v) is 2.63. The predicted octanol–water partition coefficient (Wildman–Crippen LogP) is 1.67. The summed E-state index contributed by atoms with van der Waals surface area (Å²) in [5, 5.41) is 0. The topological polar surface area (TPSA) is 92.8 Å². The van der Waals surface area contributed by atoms with E-state index in [-0.39, 0.29) is 30.7 Å². The van der Waals surface area contributed by atoms with E-state index in [0.717, 1.165) is 22.6 Å². The highest BCUT2D eigenvalue weighted by molar-refractivity contribution is 5.85. The number of imidazole rings is 2. The van der Waals surface area contributed by atoms with Crippen LogP contribution in [-0.2, 0) is 24.8 Å². The summed E-state index contributed by atoms with van der Waals surface area (Å²) in [6.07, 6.45) is 3.69. The molecule has 0 fully saturated rings. The lowest BCUT2D eigenvalue weighted by atomic mass is 10.1. The summed E-state index contributed by atoms with van der Waals surface area (Å²) in [7, 11) is 3.70. The highest BCUT2D eigenvalue weighted by atomic mass is 35.5. The van der Waals surface area contributed by atoms with Gasteiger partial charge in [-0.15, -0.1) is 24.8 Å². The Morgan fingerprint density at radius 2 is 2.08 bits per heavy atom. The van der Waals surface area contributed by atoms with Crippen molar-refractivity contribution in [2.45, 2.75) is 19.0 Å². The molecule has 1 aromatic carbocycles. The van der Waals surface area contributed by atoms with Crippen LogP contribution in [0.5, 0.6) is 0 Å². The minimum absolute atomic E-state index is 0. The third-order valence-electron chi connectivity index (χ3n) is 3.95. The number of halogens is 2. The molecule has 7 nitrogen and oxygen atoms in total. The number of nitrogens with one attached hydrogen (secondary N) is 1. The van der Waals surface area contributed by atoms with Crippen molar-refractivity contribution in [1.29, 1.82) is 0 Å². The molecule has 3 aromatic rings. The second-order valence-corrected chi connectivity index (χ2v) is 5.66. The van der Waals surface area contributed by atoms with Gasteiger partial charge in [-0.3, -0.25) is 4.79 Å². The average molecular weight is 385 g/mol. The molecule has 1 amide bonds. The van der Waals surface area contributed by atoms with Gasteiger partial charge in [0.15, 0.2) is 0 Å². The van der Waals surface area contributed by atoms with E-state index in [1.165, 1.54) is 0 Å². The number of rotatable bonds is 5. The highest BCUT2D eigenvalue weighted by Gasteiger charge is 2.20. The smallest absolute Gasteiger partial charge is 0.240 e. The molecule has 25 heavy (non-hydrogen) atoms. The van der Waals surface area contributed by atoms with Crippen LogP contribution in [0.1, 0.15) is 11.5 Å². The number of likely N-dealkylation sites (N-methyl/N-ethyl adjacent to an activating group) is 1. The first-order valence-electron chi connectivity index (χ1n) is 7.44. The SMILES string of the molecule is CN(Cc1nc2ccccc2n1C)C(=O)[C@@H](N)Cc1cnc[nH]1.Cl.Cl. The van der Waals surface area contributed by atoms with Crippen LogP contribution in [0, 0.1) is 0 Å². The Kier molecular flexibility index (Phi) is 7.41. The Hall–Kier alpha value is -2.09. The molecular formula is C16H22Cl2N6O. The maximum absolute atomic E-state index is 12.4. The largest absolute Gasteiger partial charge is 0.348 e. The zero-order valence-corrected chi connectivity index (χ0v) is 15.7. The minimum Gasteiger partial charge on any atom is -0.348 e. The maximum atomic E-state index is 12.4. The Balaban J connectivity index is 0.00000156. The molecule has 3 N–H and O–H groups in total. The van der Waals surface area contributed by atoms with Gasteiger partial charge >= 0.3 is 0 Å². The molecule has 0 saturated carbocycles. The number of amides is 1. The molecule has 3 rings (SSSR count). The van der Waals surface area contributed by atoms with Gasteiger partial charge in [-0.1, -0.05) is 12.1 Å². The van der Waals surface area contributed by atoms with Gasteiger partial charge < -0.3 is 20.2 Å². The number of aromatic nitrogens is 4. The number of fused-ring (bicyclic) bond motifs is 1. The summed E-state index contributed by atoms with van der Waals surface area (Å²) in [5.74, 6) is 0.711. The van der Waals surface area contributed by atoms with Gasteiger partial charge in [0.05, 0.1) is 29.9 Å². The van der Waals surface area contributed by atoms with Crippen molar-refractivity contribution in [3.8, 4) is 0 Å². The van der Waals surface area contributed by atoms with Crippen LogP contribution in [0.4, 0.5) is 0 Å². The normalized spacial score (nSPS) is 11.5. The second-order valence-electron chi connectivity index (χ2n) is 5.66. The molecule has 1 atom stereocenters. The van der Waals surface area contributed by atoms with Gasteiger partial charge in [0, 0.05) is 32.4 Å². The quantitative estimate of drug-likeness (QED) is 0.699. The molecule has 136 valence electrons. The number of carbonyl (C=O) groups excluding carboxylic acids is 1.